The van der Waals surface area contributed by atoms with Crippen molar-refractivity contribution in [2.45, 2.75) is 65.0 Å². The average molecular weight is 425 g/mol. The first-order valence-corrected chi connectivity index (χ1v) is 11.3. The minimum Gasteiger partial charge on any atom is -0.493 e. The van der Waals surface area contributed by atoms with Gasteiger partial charge in [0.15, 0.2) is 11.5 Å². The van der Waals surface area contributed by atoms with Gasteiger partial charge in [-0.2, -0.15) is 0 Å². The van der Waals surface area contributed by atoms with Gasteiger partial charge in [-0.25, -0.2) is 0 Å². The van der Waals surface area contributed by atoms with Crippen molar-refractivity contribution in [1.29, 1.82) is 0 Å². The zero-order valence-electron chi connectivity index (χ0n) is 18.7. The average Bonchev–Trinajstić information content (AvgIpc) is 3.12. The van der Waals surface area contributed by atoms with Gasteiger partial charge in [-0.1, -0.05) is 24.1 Å². The number of aryl methyl sites for hydroxylation is 2. The summed E-state index contributed by atoms with van der Waals surface area (Å²) in [5, 5.41) is 3.96. The third-order valence-electron chi connectivity index (χ3n) is 6.69. The molecular weight excluding hydrogens is 392 g/mol. The molecule has 0 N–H and O–H groups in total. The van der Waals surface area contributed by atoms with Crippen molar-refractivity contribution in [3.8, 4) is 11.5 Å². The lowest BCUT2D eigenvalue weighted by Gasteiger charge is -2.43. The second-order valence-electron chi connectivity index (χ2n) is 8.62. The SMILES string of the molecule is COc1cc(/C=C/C(=O)N2CCC[C@@H]3CCCC[C@@H]32)ccc1OCc1c(C)noc1C. The Morgan fingerprint density at radius 1 is 1.19 bits per heavy atom. The highest BCUT2D eigenvalue weighted by atomic mass is 16.5. The molecule has 31 heavy (non-hydrogen) atoms. The van der Waals surface area contributed by atoms with Crippen LogP contribution in [-0.4, -0.2) is 35.7 Å². The van der Waals surface area contributed by atoms with Gasteiger partial charge in [0, 0.05) is 18.7 Å². The number of piperidine rings is 1. The molecule has 1 aromatic carbocycles. The summed E-state index contributed by atoms with van der Waals surface area (Å²) in [6.45, 7) is 5.01. The minimum atomic E-state index is 0.120. The molecule has 0 unspecified atom stereocenters. The van der Waals surface area contributed by atoms with Gasteiger partial charge in [-0.05, 0) is 69.2 Å². The number of methoxy groups -OCH3 is 1. The van der Waals surface area contributed by atoms with Gasteiger partial charge < -0.3 is 18.9 Å². The van der Waals surface area contributed by atoms with Crippen LogP contribution in [0.15, 0.2) is 28.8 Å². The van der Waals surface area contributed by atoms with Crippen LogP contribution in [0.1, 0.15) is 61.1 Å². The van der Waals surface area contributed by atoms with Crippen LogP contribution in [0.2, 0.25) is 0 Å². The van der Waals surface area contributed by atoms with Crippen LogP contribution < -0.4 is 9.47 Å². The zero-order valence-corrected chi connectivity index (χ0v) is 18.7. The molecule has 2 aliphatic rings. The van der Waals surface area contributed by atoms with Gasteiger partial charge >= 0.3 is 0 Å². The summed E-state index contributed by atoms with van der Waals surface area (Å²) in [7, 11) is 1.62. The molecule has 0 radical (unpaired) electrons. The number of carbonyl (C=O) groups excluding carboxylic acids is 1. The van der Waals surface area contributed by atoms with Gasteiger partial charge in [-0.3, -0.25) is 4.79 Å². The van der Waals surface area contributed by atoms with Crippen molar-refractivity contribution < 1.29 is 18.8 Å². The number of likely N-dealkylation sites (tertiary alicyclic amines) is 1. The summed E-state index contributed by atoms with van der Waals surface area (Å²) in [5.74, 6) is 2.84. The number of nitrogens with zero attached hydrogens (tertiary/aromatic N) is 2. The molecular formula is C25H32N2O4. The molecule has 1 aliphatic heterocycles. The molecule has 2 fully saturated rings. The predicted octanol–water partition coefficient (Wildman–Crippen LogP) is 5.07. The zero-order chi connectivity index (χ0) is 21.8. The van der Waals surface area contributed by atoms with Crippen LogP contribution in [0.4, 0.5) is 0 Å². The summed E-state index contributed by atoms with van der Waals surface area (Å²) in [6, 6.07) is 6.13. The Morgan fingerprint density at radius 3 is 2.77 bits per heavy atom. The van der Waals surface area contributed by atoms with Crippen LogP contribution in [0.25, 0.3) is 6.08 Å². The molecule has 6 heteroatoms. The van der Waals surface area contributed by atoms with E-state index in [1.165, 1.54) is 25.7 Å². The Hall–Kier alpha value is -2.76. The first-order valence-electron chi connectivity index (χ1n) is 11.3. The van der Waals surface area contributed by atoms with E-state index < -0.39 is 0 Å². The summed E-state index contributed by atoms with van der Waals surface area (Å²) in [4.78, 5) is 15.0. The molecule has 166 valence electrons. The molecule has 6 nitrogen and oxygen atoms in total. The molecule has 0 spiro atoms. The summed E-state index contributed by atoms with van der Waals surface area (Å²) >= 11 is 0. The highest BCUT2D eigenvalue weighted by Crippen LogP contribution is 2.35. The summed E-state index contributed by atoms with van der Waals surface area (Å²) in [6.07, 6.45) is 10.9. The van der Waals surface area contributed by atoms with E-state index >= 15 is 0 Å². The molecule has 1 aromatic heterocycles. The summed E-state index contributed by atoms with van der Waals surface area (Å²) in [5.41, 5.74) is 2.68. The van der Waals surface area contributed by atoms with E-state index in [4.69, 9.17) is 14.0 Å². The lowest BCUT2D eigenvalue weighted by Crippen LogP contribution is -2.49. The maximum Gasteiger partial charge on any atom is 0.246 e. The number of hydrogen-bond donors (Lipinski definition) is 0. The van der Waals surface area contributed by atoms with Crippen molar-refractivity contribution in [3.63, 3.8) is 0 Å². The summed E-state index contributed by atoms with van der Waals surface area (Å²) < 4.78 is 16.7. The van der Waals surface area contributed by atoms with Crippen LogP contribution in [0.5, 0.6) is 11.5 Å². The van der Waals surface area contributed by atoms with Crippen molar-refractivity contribution in [3.05, 3.63) is 46.9 Å². The second-order valence-corrected chi connectivity index (χ2v) is 8.62. The van der Waals surface area contributed by atoms with Gasteiger partial charge in [0.25, 0.3) is 0 Å². The molecule has 2 aromatic rings. The lowest BCUT2D eigenvalue weighted by molar-refractivity contribution is -0.132. The number of aromatic nitrogens is 1. The number of benzene rings is 1. The molecule has 1 aliphatic carbocycles. The lowest BCUT2D eigenvalue weighted by atomic mass is 9.78. The van der Waals surface area contributed by atoms with E-state index in [9.17, 15) is 4.79 Å². The quantitative estimate of drug-likeness (QED) is 0.606. The molecule has 1 amide bonds. The number of ether oxygens (including phenoxy) is 2. The van der Waals surface area contributed by atoms with Gasteiger partial charge in [0.2, 0.25) is 5.91 Å². The van der Waals surface area contributed by atoms with E-state index in [1.54, 1.807) is 13.2 Å². The minimum absolute atomic E-state index is 0.120. The largest absolute Gasteiger partial charge is 0.493 e. The Bertz CT molecular complexity index is 927. The number of rotatable bonds is 6. The third-order valence-corrected chi connectivity index (χ3v) is 6.69. The maximum absolute atomic E-state index is 12.9. The van der Waals surface area contributed by atoms with Gasteiger partial charge in [-0.15, -0.1) is 0 Å². The first-order chi connectivity index (χ1) is 15.1. The van der Waals surface area contributed by atoms with Crippen molar-refractivity contribution >= 4 is 12.0 Å². The second kappa shape index (κ2) is 9.58. The molecule has 4 rings (SSSR count). The number of amides is 1. The fourth-order valence-electron chi connectivity index (χ4n) is 4.93. The molecule has 2 heterocycles. The Labute approximate surface area is 184 Å². The van der Waals surface area contributed by atoms with Crippen molar-refractivity contribution in [2.24, 2.45) is 5.92 Å². The van der Waals surface area contributed by atoms with Crippen LogP contribution in [0, 0.1) is 19.8 Å². The first kappa shape index (κ1) is 21.5. The normalized spacial score (nSPS) is 21.2. The highest BCUT2D eigenvalue weighted by molar-refractivity contribution is 5.92. The van der Waals surface area contributed by atoms with Crippen LogP contribution >= 0.6 is 0 Å². The van der Waals surface area contributed by atoms with E-state index in [2.05, 4.69) is 10.1 Å². The standard InChI is InChI=1S/C25H32N2O4/c1-17-21(18(2)31-26-17)16-30-23-12-10-19(15-24(23)29-3)11-13-25(28)27-14-6-8-20-7-4-5-9-22(20)27/h10-13,15,20,22H,4-9,14,16H2,1-3H3/b13-11+/t20-,22-/m0/s1. The third kappa shape index (κ3) is 4.78. The van der Waals surface area contributed by atoms with Crippen molar-refractivity contribution in [2.75, 3.05) is 13.7 Å². The smallest absolute Gasteiger partial charge is 0.246 e. The van der Waals surface area contributed by atoms with E-state index in [0.717, 1.165) is 42.0 Å². The van der Waals surface area contributed by atoms with Crippen molar-refractivity contribution in [1.82, 2.24) is 10.1 Å². The van der Waals surface area contributed by atoms with E-state index in [1.807, 2.05) is 38.1 Å². The number of fused-ring (bicyclic) bond motifs is 1. The fourth-order valence-corrected chi connectivity index (χ4v) is 4.93. The molecule has 1 saturated heterocycles. The fraction of sp³-hybridized carbons (Fsp3) is 0.520. The maximum atomic E-state index is 12.9. The number of hydrogen-bond acceptors (Lipinski definition) is 5. The van der Waals surface area contributed by atoms with E-state index in [-0.39, 0.29) is 5.91 Å². The predicted molar refractivity (Wildman–Crippen MR) is 119 cm³/mol. The Morgan fingerprint density at radius 2 is 2.00 bits per heavy atom. The van der Waals surface area contributed by atoms with Gasteiger partial charge in [0.05, 0.1) is 18.4 Å². The molecule has 0 bridgehead atoms. The van der Waals surface area contributed by atoms with Crippen LogP contribution in [0.3, 0.4) is 0 Å². The van der Waals surface area contributed by atoms with Gasteiger partial charge in [0.1, 0.15) is 12.4 Å². The topological polar surface area (TPSA) is 64.8 Å². The highest BCUT2D eigenvalue weighted by Gasteiger charge is 2.34. The van der Waals surface area contributed by atoms with E-state index in [0.29, 0.717) is 30.1 Å². The monoisotopic (exact) mass is 424 g/mol. The molecule has 1 saturated carbocycles. The van der Waals surface area contributed by atoms with Crippen LogP contribution in [-0.2, 0) is 11.4 Å². The molecule has 2 atom stereocenters. The number of carbonyl (C=O) groups is 1. The Kier molecular flexibility index (Phi) is 6.64. The Balaban J connectivity index is 1.42.